The summed E-state index contributed by atoms with van der Waals surface area (Å²) in [5.74, 6) is -2.66. The van der Waals surface area contributed by atoms with Crippen molar-refractivity contribution in [3.8, 4) is 0 Å². The highest BCUT2D eigenvalue weighted by molar-refractivity contribution is 6.01. The second-order valence-corrected chi connectivity index (χ2v) is 5.04. The van der Waals surface area contributed by atoms with E-state index in [-0.39, 0.29) is 5.78 Å². The molecule has 0 rings (SSSR count). The van der Waals surface area contributed by atoms with Crippen molar-refractivity contribution in [3.05, 3.63) is 0 Å². The van der Waals surface area contributed by atoms with Gasteiger partial charge in [-0.1, -0.05) is 27.7 Å². The zero-order chi connectivity index (χ0) is 13.1. The van der Waals surface area contributed by atoms with Crippen molar-refractivity contribution < 1.29 is 22.8 Å². The Morgan fingerprint density at radius 1 is 1.12 bits per heavy atom. The van der Waals surface area contributed by atoms with Crippen LogP contribution in [0, 0.1) is 11.3 Å². The number of halogens is 3. The first kappa shape index (κ1) is 15.1. The minimum atomic E-state index is -4.37. The van der Waals surface area contributed by atoms with Crippen LogP contribution in [-0.2, 0) is 9.59 Å². The molecule has 0 N–H and O–H groups in total. The third kappa shape index (κ3) is 5.28. The summed E-state index contributed by atoms with van der Waals surface area (Å²) in [6.45, 7) is 5.85. The molecule has 0 amide bonds. The highest BCUT2D eigenvalue weighted by Crippen LogP contribution is 2.29. The molecule has 0 spiro atoms. The maximum atomic E-state index is 12.1. The van der Waals surface area contributed by atoms with Crippen molar-refractivity contribution in [1.82, 2.24) is 0 Å². The third-order valence-electron chi connectivity index (χ3n) is 2.29. The monoisotopic (exact) mass is 238 g/mol. The van der Waals surface area contributed by atoms with Crippen molar-refractivity contribution in [2.24, 2.45) is 11.3 Å². The molecule has 94 valence electrons. The molecule has 0 aromatic carbocycles. The Hall–Kier alpha value is -0.870. The van der Waals surface area contributed by atoms with Gasteiger partial charge in [-0.05, 0) is 0 Å². The van der Waals surface area contributed by atoms with Crippen molar-refractivity contribution >= 4 is 11.6 Å². The van der Waals surface area contributed by atoms with E-state index in [4.69, 9.17) is 0 Å². The van der Waals surface area contributed by atoms with E-state index in [1.165, 1.54) is 0 Å². The molecule has 0 aliphatic heterocycles. The lowest BCUT2D eigenvalue weighted by molar-refractivity contribution is -0.174. The number of rotatable bonds is 4. The molecule has 0 aliphatic carbocycles. The van der Waals surface area contributed by atoms with Crippen LogP contribution in [0.4, 0.5) is 13.2 Å². The van der Waals surface area contributed by atoms with Crippen LogP contribution in [0.3, 0.4) is 0 Å². The van der Waals surface area contributed by atoms with Gasteiger partial charge in [0, 0.05) is 11.8 Å². The van der Waals surface area contributed by atoms with Crippen LogP contribution in [0.1, 0.15) is 40.5 Å². The fraction of sp³-hybridized carbons (Fsp3) is 0.818. The number of carbonyl (C=O) groups excluding carboxylic acids is 2. The van der Waals surface area contributed by atoms with Gasteiger partial charge < -0.3 is 0 Å². The highest BCUT2D eigenvalue weighted by atomic mass is 19.4. The van der Waals surface area contributed by atoms with Crippen LogP contribution in [-0.4, -0.2) is 17.7 Å². The number of hydrogen-bond acceptors (Lipinski definition) is 2. The van der Waals surface area contributed by atoms with Crippen LogP contribution >= 0.6 is 0 Å². The first-order valence-electron chi connectivity index (χ1n) is 5.06. The van der Waals surface area contributed by atoms with Gasteiger partial charge in [-0.2, -0.15) is 13.2 Å². The molecule has 16 heavy (non-hydrogen) atoms. The molecule has 2 nitrogen and oxygen atoms in total. The van der Waals surface area contributed by atoms with Crippen LogP contribution in [0.2, 0.25) is 0 Å². The Morgan fingerprint density at radius 2 is 1.56 bits per heavy atom. The van der Waals surface area contributed by atoms with Crippen LogP contribution in [0.25, 0.3) is 0 Å². The summed E-state index contributed by atoms with van der Waals surface area (Å²) in [5.41, 5.74) is -0.683. The Morgan fingerprint density at radius 3 is 1.88 bits per heavy atom. The molecule has 0 aromatic heterocycles. The molecule has 0 saturated heterocycles. The van der Waals surface area contributed by atoms with Crippen molar-refractivity contribution in [2.45, 2.75) is 46.7 Å². The van der Waals surface area contributed by atoms with Gasteiger partial charge in [0.2, 0.25) is 0 Å². The number of Topliss-reactive ketones (excluding diaryl/α,β-unsaturated/α-hetero) is 2. The number of carbonyl (C=O) groups is 2. The fourth-order valence-corrected chi connectivity index (χ4v) is 0.974. The third-order valence-corrected chi connectivity index (χ3v) is 2.29. The molecular formula is C11H17F3O2. The first-order valence-corrected chi connectivity index (χ1v) is 5.06. The lowest BCUT2D eigenvalue weighted by atomic mass is 9.86. The Bertz CT molecular complexity index is 274. The van der Waals surface area contributed by atoms with E-state index >= 15 is 0 Å². The molecule has 5 heteroatoms. The molecule has 0 saturated carbocycles. The number of hydrogen-bond donors (Lipinski definition) is 0. The zero-order valence-corrected chi connectivity index (χ0v) is 9.94. The van der Waals surface area contributed by atoms with E-state index in [1.807, 2.05) is 0 Å². The molecule has 0 aromatic rings. The molecule has 0 radical (unpaired) electrons. The van der Waals surface area contributed by atoms with E-state index in [9.17, 15) is 22.8 Å². The minimum Gasteiger partial charge on any atom is -0.299 e. The lowest BCUT2D eigenvalue weighted by Crippen LogP contribution is -2.27. The normalized spacial score (nSPS) is 14.7. The SMILES string of the molecule is CC(CC(=O)CC(=O)C(C)(C)C)C(F)(F)F. The second-order valence-electron chi connectivity index (χ2n) is 5.04. The summed E-state index contributed by atoms with van der Waals surface area (Å²) >= 11 is 0. The number of alkyl halides is 3. The van der Waals surface area contributed by atoms with Gasteiger partial charge in [0.15, 0.2) is 0 Å². The van der Waals surface area contributed by atoms with Gasteiger partial charge in [0.25, 0.3) is 0 Å². The van der Waals surface area contributed by atoms with Gasteiger partial charge in [-0.15, -0.1) is 0 Å². The van der Waals surface area contributed by atoms with E-state index in [0.717, 1.165) is 6.92 Å². The maximum absolute atomic E-state index is 12.1. The molecule has 0 bridgehead atoms. The Kier molecular flexibility index (Phi) is 4.70. The van der Waals surface area contributed by atoms with Crippen molar-refractivity contribution in [3.63, 3.8) is 0 Å². The molecule has 0 heterocycles. The molecule has 0 aliphatic rings. The summed E-state index contributed by atoms with van der Waals surface area (Å²) in [5, 5.41) is 0. The molecule has 1 unspecified atom stereocenters. The average Bonchev–Trinajstić information content (AvgIpc) is 1.99. The summed E-state index contributed by atoms with van der Waals surface area (Å²) in [6, 6.07) is 0. The number of ketones is 2. The largest absolute Gasteiger partial charge is 0.391 e. The first-order chi connectivity index (χ1) is 6.94. The van der Waals surface area contributed by atoms with Crippen LogP contribution in [0.15, 0.2) is 0 Å². The maximum Gasteiger partial charge on any atom is 0.391 e. The van der Waals surface area contributed by atoms with E-state index in [0.29, 0.717) is 0 Å². The van der Waals surface area contributed by atoms with Crippen molar-refractivity contribution in [1.29, 1.82) is 0 Å². The summed E-state index contributed by atoms with van der Waals surface area (Å²) < 4.78 is 36.4. The summed E-state index contributed by atoms with van der Waals surface area (Å²) in [4.78, 5) is 22.6. The van der Waals surface area contributed by atoms with Gasteiger partial charge in [-0.25, -0.2) is 0 Å². The smallest absolute Gasteiger partial charge is 0.299 e. The van der Waals surface area contributed by atoms with Gasteiger partial charge in [-0.3, -0.25) is 9.59 Å². The average molecular weight is 238 g/mol. The highest BCUT2D eigenvalue weighted by Gasteiger charge is 2.37. The summed E-state index contributed by atoms with van der Waals surface area (Å²) in [7, 11) is 0. The molecule has 1 atom stereocenters. The zero-order valence-electron chi connectivity index (χ0n) is 9.94. The Labute approximate surface area is 93.2 Å². The standard InChI is InChI=1S/C11H17F3O2/c1-7(11(12,13)14)5-8(15)6-9(16)10(2,3)4/h7H,5-6H2,1-4H3. The predicted octanol–water partition coefficient (Wildman–Crippen LogP) is 3.15. The van der Waals surface area contributed by atoms with Crippen LogP contribution < -0.4 is 0 Å². The Balaban J connectivity index is 4.26. The second kappa shape index (κ2) is 4.97. The topological polar surface area (TPSA) is 34.1 Å². The molecular weight excluding hydrogens is 221 g/mol. The quantitative estimate of drug-likeness (QED) is 0.705. The van der Waals surface area contributed by atoms with Crippen LogP contribution in [0.5, 0.6) is 0 Å². The fourth-order valence-electron chi connectivity index (χ4n) is 0.974. The van der Waals surface area contributed by atoms with Gasteiger partial charge in [0.05, 0.1) is 12.3 Å². The van der Waals surface area contributed by atoms with E-state index in [1.54, 1.807) is 20.8 Å². The van der Waals surface area contributed by atoms with E-state index in [2.05, 4.69) is 0 Å². The van der Waals surface area contributed by atoms with Gasteiger partial charge in [0.1, 0.15) is 11.6 Å². The van der Waals surface area contributed by atoms with Gasteiger partial charge >= 0.3 is 6.18 Å². The molecule has 0 fully saturated rings. The van der Waals surface area contributed by atoms with E-state index < -0.39 is 36.1 Å². The minimum absolute atomic E-state index is 0.327. The lowest BCUT2D eigenvalue weighted by Gasteiger charge is -2.17. The van der Waals surface area contributed by atoms with Crippen molar-refractivity contribution in [2.75, 3.05) is 0 Å². The summed E-state index contributed by atoms with van der Waals surface area (Å²) in [6.07, 6.45) is -5.41. The predicted molar refractivity (Wildman–Crippen MR) is 53.9 cm³/mol.